The van der Waals surface area contributed by atoms with Gasteiger partial charge in [0.05, 0.1) is 28.4 Å². The molecule has 2 heterocycles. The molecule has 1 amide bonds. The second kappa shape index (κ2) is 9.09. The maximum Gasteiger partial charge on any atom is 0.301 e. The van der Waals surface area contributed by atoms with E-state index in [1.165, 1.54) is 40.5 Å². The summed E-state index contributed by atoms with van der Waals surface area (Å²) >= 11 is 1.25. The number of aromatic nitrogens is 1. The number of aryl methyl sites for hydroxylation is 1. The SMILES string of the molecule is CCOc1cc(C2/C(=C(\O)c3ccc(F)cc3)C(=O)C(=O)N2c2nc3ccc(C)cc3s2)ccc1O. The van der Waals surface area contributed by atoms with Crippen molar-refractivity contribution >= 4 is 44.1 Å². The van der Waals surface area contributed by atoms with Crippen LogP contribution in [0, 0.1) is 12.7 Å². The lowest BCUT2D eigenvalue weighted by atomic mass is 9.95. The number of anilines is 1. The predicted molar refractivity (Wildman–Crippen MR) is 135 cm³/mol. The first-order chi connectivity index (χ1) is 17.3. The monoisotopic (exact) mass is 504 g/mol. The molecule has 9 heteroatoms. The van der Waals surface area contributed by atoms with Gasteiger partial charge in [-0.1, -0.05) is 23.5 Å². The summed E-state index contributed by atoms with van der Waals surface area (Å²) in [6.07, 6.45) is 0. The number of ether oxygens (including phenoxy) is 1. The van der Waals surface area contributed by atoms with Gasteiger partial charge in [-0.15, -0.1) is 0 Å². The van der Waals surface area contributed by atoms with Gasteiger partial charge in [-0.05, 0) is 73.5 Å². The zero-order valence-electron chi connectivity index (χ0n) is 19.4. The van der Waals surface area contributed by atoms with Crippen molar-refractivity contribution in [3.8, 4) is 11.5 Å². The number of aliphatic hydroxyl groups excluding tert-OH is 1. The molecule has 3 aromatic carbocycles. The van der Waals surface area contributed by atoms with E-state index in [0.29, 0.717) is 11.1 Å². The van der Waals surface area contributed by atoms with Crippen molar-refractivity contribution in [1.82, 2.24) is 4.98 Å². The van der Waals surface area contributed by atoms with Gasteiger partial charge < -0.3 is 14.9 Å². The molecule has 0 aliphatic carbocycles. The molecule has 1 aliphatic heterocycles. The number of amides is 1. The van der Waals surface area contributed by atoms with Gasteiger partial charge in [0.25, 0.3) is 5.78 Å². The average Bonchev–Trinajstić information content (AvgIpc) is 3.38. The first kappa shape index (κ1) is 23.5. The zero-order chi connectivity index (χ0) is 25.6. The molecule has 7 nitrogen and oxygen atoms in total. The number of phenols is 1. The fourth-order valence-corrected chi connectivity index (χ4v) is 5.29. The van der Waals surface area contributed by atoms with Crippen molar-refractivity contribution in [2.45, 2.75) is 19.9 Å². The van der Waals surface area contributed by atoms with Gasteiger partial charge in [-0.3, -0.25) is 14.5 Å². The number of ketones is 1. The van der Waals surface area contributed by atoms with E-state index in [-0.39, 0.29) is 34.4 Å². The Morgan fingerprint density at radius 3 is 2.58 bits per heavy atom. The van der Waals surface area contributed by atoms with Gasteiger partial charge in [0, 0.05) is 5.56 Å². The fraction of sp³-hybridized carbons (Fsp3) is 0.148. The smallest absolute Gasteiger partial charge is 0.301 e. The Bertz CT molecular complexity index is 1540. The van der Waals surface area contributed by atoms with Crippen molar-refractivity contribution in [3.63, 3.8) is 0 Å². The Morgan fingerprint density at radius 1 is 1.11 bits per heavy atom. The number of thiazole rings is 1. The average molecular weight is 505 g/mol. The van der Waals surface area contributed by atoms with Crippen LogP contribution in [0.1, 0.15) is 29.7 Å². The van der Waals surface area contributed by atoms with Crippen molar-refractivity contribution < 1.29 is 28.9 Å². The Kier molecular flexibility index (Phi) is 5.93. The highest BCUT2D eigenvalue weighted by atomic mass is 32.1. The Labute approximate surface area is 209 Å². The van der Waals surface area contributed by atoms with Crippen molar-refractivity contribution in [3.05, 3.63) is 88.7 Å². The van der Waals surface area contributed by atoms with Crippen LogP contribution in [-0.2, 0) is 9.59 Å². The minimum atomic E-state index is -1.06. The fourth-order valence-electron chi connectivity index (χ4n) is 4.20. The molecule has 5 rings (SSSR count). The van der Waals surface area contributed by atoms with Crippen molar-refractivity contribution in [1.29, 1.82) is 0 Å². The largest absolute Gasteiger partial charge is 0.507 e. The summed E-state index contributed by atoms with van der Waals surface area (Å²) in [5.41, 5.74) is 2.13. The topological polar surface area (TPSA) is 100.0 Å². The molecule has 1 unspecified atom stereocenters. The normalized spacial score (nSPS) is 17.2. The van der Waals surface area contributed by atoms with Crippen molar-refractivity contribution in [2.24, 2.45) is 0 Å². The molecule has 2 N–H and O–H groups in total. The summed E-state index contributed by atoms with van der Waals surface area (Å²) in [6, 6.07) is 14.1. The Morgan fingerprint density at radius 2 is 1.86 bits per heavy atom. The standard InChI is InChI=1S/C27H21FN2O5S/c1-3-35-20-13-16(7-11-19(20)31)23-22(24(32)15-5-8-17(28)9-6-15)25(33)26(34)30(23)27-29-18-10-4-14(2)12-21(18)36-27/h4-13,23,31-32H,3H2,1-2H3/b24-22+. The maximum absolute atomic E-state index is 13.5. The molecule has 0 saturated carbocycles. The number of aromatic hydroxyl groups is 1. The second-order valence-corrected chi connectivity index (χ2v) is 9.31. The number of hydrogen-bond donors (Lipinski definition) is 2. The van der Waals surface area contributed by atoms with Gasteiger partial charge in [-0.25, -0.2) is 9.37 Å². The maximum atomic E-state index is 13.5. The molecule has 36 heavy (non-hydrogen) atoms. The van der Waals surface area contributed by atoms with E-state index in [4.69, 9.17) is 4.74 Å². The van der Waals surface area contributed by atoms with E-state index in [9.17, 15) is 24.2 Å². The number of fused-ring (bicyclic) bond motifs is 1. The summed E-state index contributed by atoms with van der Waals surface area (Å²) in [6.45, 7) is 3.99. The van der Waals surface area contributed by atoms with Gasteiger partial charge in [0.15, 0.2) is 16.6 Å². The van der Waals surface area contributed by atoms with E-state index >= 15 is 0 Å². The van der Waals surface area contributed by atoms with E-state index in [1.807, 2.05) is 25.1 Å². The summed E-state index contributed by atoms with van der Waals surface area (Å²) in [4.78, 5) is 32.5. The number of carbonyl (C=O) groups is 2. The van der Waals surface area contributed by atoms with Gasteiger partial charge in [0.1, 0.15) is 11.6 Å². The lowest BCUT2D eigenvalue weighted by molar-refractivity contribution is -0.132. The molecule has 182 valence electrons. The minimum absolute atomic E-state index is 0.105. The third-order valence-electron chi connectivity index (χ3n) is 5.90. The summed E-state index contributed by atoms with van der Waals surface area (Å²) in [5.74, 6) is -2.64. The van der Waals surface area contributed by atoms with Crippen LogP contribution in [0.3, 0.4) is 0 Å². The molecule has 1 aliphatic rings. The zero-order valence-corrected chi connectivity index (χ0v) is 20.2. The minimum Gasteiger partial charge on any atom is -0.507 e. The molecule has 0 radical (unpaired) electrons. The summed E-state index contributed by atoms with van der Waals surface area (Å²) < 4.78 is 19.9. The number of hydrogen-bond acceptors (Lipinski definition) is 7. The van der Waals surface area contributed by atoms with Crippen LogP contribution >= 0.6 is 11.3 Å². The highest BCUT2D eigenvalue weighted by molar-refractivity contribution is 7.22. The van der Waals surface area contributed by atoms with Crippen LogP contribution in [0.5, 0.6) is 11.5 Å². The number of halogens is 1. The number of nitrogens with zero attached hydrogens (tertiary/aromatic N) is 2. The lowest BCUT2D eigenvalue weighted by Gasteiger charge is -2.23. The summed E-state index contributed by atoms with van der Waals surface area (Å²) in [5, 5.41) is 21.7. The Balaban J connectivity index is 1.74. The number of phenolic OH excluding ortho intramolecular Hbond substituents is 1. The van der Waals surface area contributed by atoms with Gasteiger partial charge in [-0.2, -0.15) is 0 Å². The van der Waals surface area contributed by atoms with E-state index in [0.717, 1.165) is 22.4 Å². The number of rotatable bonds is 5. The molecule has 1 fully saturated rings. The number of Topliss-reactive ketones (excluding diaryl/α,β-unsaturated/α-hetero) is 1. The lowest BCUT2D eigenvalue weighted by Crippen LogP contribution is -2.29. The first-order valence-corrected chi connectivity index (χ1v) is 12.0. The molecule has 1 atom stereocenters. The second-order valence-electron chi connectivity index (χ2n) is 8.30. The van der Waals surface area contributed by atoms with Crippen LogP contribution in [0.25, 0.3) is 16.0 Å². The number of benzene rings is 3. The van der Waals surface area contributed by atoms with E-state index in [1.54, 1.807) is 13.0 Å². The predicted octanol–water partition coefficient (Wildman–Crippen LogP) is 5.47. The molecular formula is C27H21FN2O5S. The van der Waals surface area contributed by atoms with Crippen LogP contribution in [0.4, 0.5) is 9.52 Å². The molecule has 0 bridgehead atoms. The quantitative estimate of drug-likeness (QED) is 0.212. The molecular weight excluding hydrogens is 483 g/mol. The highest BCUT2D eigenvalue weighted by Crippen LogP contribution is 2.45. The summed E-state index contributed by atoms with van der Waals surface area (Å²) in [7, 11) is 0. The highest BCUT2D eigenvalue weighted by Gasteiger charge is 2.48. The molecule has 0 spiro atoms. The number of carbonyl (C=O) groups excluding carboxylic acids is 2. The van der Waals surface area contributed by atoms with E-state index in [2.05, 4.69) is 4.98 Å². The van der Waals surface area contributed by atoms with Crippen molar-refractivity contribution in [2.75, 3.05) is 11.5 Å². The Hall–Kier alpha value is -4.24. The van der Waals surface area contributed by atoms with E-state index < -0.39 is 29.3 Å². The van der Waals surface area contributed by atoms with Gasteiger partial charge >= 0.3 is 5.91 Å². The van der Waals surface area contributed by atoms with Crippen LogP contribution in [0.2, 0.25) is 0 Å². The molecule has 4 aromatic rings. The number of aliphatic hydroxyl groups is 1. The molecule has 1 aromatic heterocycles. The van der Waals surface area contributed by atoms with Crippen LogP contribution < -0.4 is 9.64 Å². The van der Waals surface area contributed by atoms with Crippen LogP contribution in [-0.4, -0.2) is 33.5 Å². The van der Waals surface area contributed by atoms with Crippen LogP contribution in [0.15, 0.2) is 66.2 Å². The first-order valence-electron chi connectivity index (χ1n) is 11.2. The third kappa shape index (κ3) is 3.97. The third-order valence-corrected chi connectivity index (χ3v) is 6.92. The molecule has 1 saturated heterocycles. The van der Waals surface area contributed by atoms with Gasteiger partial charge in [0.2, 0.25) is 0 Å².